The van der Waals surface area contributed by atoms with Crippen LogP contribution in [0.15, 0.2) is 36.4 Å². The van der Waals surface area contributed by atoms with Crippen molar-refractivity contribution in [3.63, 3.8) is 0 Å². The maximum Gasteiger partial charge on any atom is 0.270 e. The van der Waals surface area contributed by atoms with Crippen molar-refractivity contribution < 1.29 is 14.5 Å². The van der Waals surface area contributed by atoms with Crippen LogP contribution in [-0.4, -0.2) is 25.0 Å². The van der Waals surface area contributed by atoms with E-state index in [1.807, 2.05) is 0 Å². The topological polar surface area (TPSA) is 93.5 Å². The maximum absolute atomic E-state index is 12.5. The van der Waals surface area contributed by atoms with Gasteiger partial charge in [-0.05, 0) is 24.3 Å². The van der Waals surface area contributed by atoms with Crippen LogP contribution in [0.2, 0.25) is 5.02 Å². The number of carbonyl (C=O) groups excluding carboxylic acids is 1. The van der Waals surface area contributed by atoms with E-state index in [1.54, 1.807) is 19.2 Å². The fourth-order valence-electron chi connectivity index (χ4n) is 2.02. The Bertz CT molecular complexity index is 764. The molecule has 0 saturated carbocycles. The number of ether oxygens (including phenoxy) is 1. The van der Waals surface area contributed by atoms with Crippen molar-refractivity contribution in [1.29, 1.82) is 0 Å². The average Bonchev–Trinajstić information content (AvgIpc) is 2.54. The van der Waals surface area contributed by atoms with Gasteiger partial charge in [0, 0.05) is 29.9 Å². The third-order valence-electron chi connectivity index (χ3n) is 3.14. The lowest BCUT2D eigenvalue weighted by Crippen LogP contribution is -2.15. The number of anilines is 2. The zero-order chi connectivity index (χ0) is 17.0. The minimum Gasteiger partial charge on any atom is -0.495 e. The van der Waals surface area contributed by atoms with Gasteiger partial charge < -0.3 is 15.4 Å². The van der Waals surface area contributed by atoms with E-state index < -0.39 is 10.8 Å². The lowest BCUT2D eigenvalue weighted by Gasteiger charge is -2.12. The summed E-state index contributed by atoms with van der Waals surface area (Å²) in [6, 6.07) is 8.78. The van der Waals surface area contributed by atoms with Gasteiger partial charge in [0.25, 0.3) is 11.6 Å². The van der Waals surface area contributed by atoms with Gasteiger partial charge in [-0.25, -0.2) is 0 Å². The molecule has 1 amide bonds. The van der Waals surface area contributed by atoms with E-state index in [2.05, 4.69) is 10.6 Å². The second-order valence-corrected chi connectivity index (χ2v) is 4.97. The zero-order valence-electron chi connectivity index (χ0n) is 12.4. The van der Waals surface area contributed by atoms with E-state index in [-0.39, 0.29) is 11.3 Å². The lowest BCUT2D eigenvalue weighted by molar-refractivity contribution is -0.384. The second-order valence-electron chi connectivity index (χ2n) is 4.54. The largest absolute Gasteiger partial charge is 0.495 e. The summed E-state index contributed by atoms with van der Waals surface area (Å²) < 4.78 is 5.16. The maximum atomic E-state index is 12.5. The number of rotatable bonds is 5. The first-order chi connectivity index (χ1) is 11.0. The quantitative estimate of drug-likeness (QED) is 0.643. The Morgan fingerprint density at radius 1 is 1.22 bits per heavy atom. The SMILES string of the molecule is CNc1ccc([N+](=O)[O-])cc1C(=O)Nc1cc(Cl)ccc1OC. The van der Waals surface area contributed by atoms with E-state index in [4.69, 9.17) is 16.3 Å². The molecule has 2 aromatic rings. The highest BCUT2D eigenvalue weighted by Crippen LogP contribution is 2.29. The van der Waals surface area contributed by atoms with Gasteiger partial charge in [-0.1, -0.05) is 11.6 Å². The molecule has 2 N–H and O–H groups in total. The first-order valence-electron chi connectivity index (χ1n) is 6.57. The smallest absolute Gasteiger partial charge is 0.270 e. The zero-order valence-corrected chi connectivity index (χ0v) is 13.2. The average molecular weight is 336 g/mol. The number of nitrogens with one attached hydrogen (secondary N) is 2. The van der Waals surface area contributed by atoms with Crippen LogP contribution in [0, 0.1) is 10.1 Å². The van der Waals surface area contributed by atoms with Crippen molar-refractivity contribution in [3.05, 3.63) is 57.1 Å². The van der Waals surface area contributed by atoms with Crippen LogP contribution in [0.5, 0.6) is 5.75 Å². The minimum atomic E-state index is -0.559. The van der Waals surface area contributed by atoms with Crippen molar-refractivity contribution in [2.45, 2.75) is 0 Å². The fraction of sp³-hybridized carbons (Fsp3) is 0.133. The number of nitrogens with zero attached hydrogens (tertiary/aromatic N) is 1. The Morgan fingerprint density at radius 2 is 1.96 bits per heavy atom. The van der Waals surface area contributed by atoms with Crippen molar-refractivity contribution >= 4 is 34.6 Å². The number of carbonyl (C=O) groups is 1. The molecule has 0 fully saturated rings. The van der Waals surface area contributed by atoms with Gasteiger partial charge in [0.1, 0.15) is 5.75 Å². The first kappa shape index (κ1) is 16.6. The molecule has 0 spiro atoms. The van der Waals surface area contributed by atoms with E-state index in [0.29, 0.717) is 22.1 Å². The molecular formula is C15H14ClN3O4. The molecule has 0 atom stereocenters. The number of nitro benzene ring substituents is 1. The number of hydrogen-bond donors (Lipinski definition) is 2. The van der Waals surface area contributed by atoms with Gasteiger partial charge in [-0.2, -0.15) is 0 Å². The normalized spacial score (nSPS) is 10.0. The molecule has 2 rings (SSSR count). The van der Waals surface area contributed by atoms with Crippen molar-refractivity contribution in [2.75, 3.05) is 24.8 Å². The molecule has 0 aliphatic heterocycles. The van der Waals surface area contributed by atoms with Crippen LogP contribution in [0.1, 0.15) is 10.4 Å². The number of benzene rings is 2. The van der Waals surface area contributed by atoms with Crippen molar-refractivity contribution in [3.8, 4) is 5.75 Å². The van der Waals surface area contributed by atoms with Gasteiger partial charge in [0.15, 0.2) is 0 Å². The van der Waals surface area contributed by atoms with Gasteiger partial charge in [-0.3, -0.25) is 14.9 Å². The fourth-order valence-corrected chi connectivity index (χ4v) is 2.19. The molecule has 0 aliphatic carbocycles. The van der Waals surface area contributed by atoms with Crippen molar-refractivity contribution in [1.82, 2.24) is 0 Å². The molecule has 23 heavy (non-hydrogen) atoms. The molecule has 120 valence electrons. The Kier molecular flexibility index (Phi) is 5.02. The van der Waals surface area contributed by atoms with Gasteiger partial charge in [0.05, 0.1) is 23.3 Å². The third kappa shape index (κ3) is 3.70. The summed E-state index contributed by atoms with van der Waals surface area (Å²) in [7, 11) is 3.09. The molecule has 0 saturated heterocycles. The van der Waals surface area contributed by atoms with Crippen LogP contribution in [0.25, 0.3) is 0 Å². The van der Waals surface area contributed by atoms with Gasteiger partial charge in [-0.15, -0.1) is 0 Å². The van der Waals surface area contributed by atoms with Crippen LogP contribution in [0.3, 0.4) is 0 Å². The summed E-state index contributed by atoms with van der Waals surface area (Å²) in [5, 5.41) is 16.8. The number of halogens is 1. The highest BCUT2D eigenvalue weighted by molar-refractivity contribution is 6.31. The number of non-ortho nitro benzene ring substituents is 1. The summed E-state index contributed by atoms with van der Waals surface area (Å²) in [5.74, 6) is -0.0854. The predicted octanol–water partition coefficient (Wildman–Crippen LogP) is 3.55. The summed E-state index contributed by atoms with van der Waals surface area (Å²) in [4.78, 5) is 22.8. The van der Waals surface area contributed by atoms with Gasteiger partial charge >= 0.3 is 0 Å². The lowest BCUT2D eigenvalue weighted by atomic mass is 10.1. The predicted molar refractivity (Wildman–Crippen MR) is 88.6 cm³/mol. The van der Waals surface area contributed by atoms with Crippen LogP contribution in [-0.2, 0) is 0 Å². The van der Waals surface area contributed by atoms with E-state index >= 15 is 0 Å². The first-order valence-corrected chi connectivity index (χ1v) is 6.95. The third-order valence-corrected chi connectivity index (χ3v) is 3.37. The molecular weight excluding hydrogens is 322 g/mol. The highest BCUT2D eigenvalue weighted by Gasteiger charge is 2.17. The monoisotopic (exact) mass is 335 g/mol. The Labute approximate surface area is 137 Å². The Hall–Kier alpha value is -2.80. The van der Waals surface area contributed by atoms with Crippen molar-refractivity contribution in [2.24, 2.45) is 0 Å². The number of hydrogen-bond acceptors (Lipinski definition) is 5. The summed E-state index contributed by atoms with van der Waals surface area (Å²) in [6.45, 7) is 0. The van der Waals surface area contributed by atoms with E-state index in [1.165, 1.54) is 31.4 Å². The van der Waals surface area contributed by atoms with Crippen LogP contribution in [0.4, 0.5) is 17.1 Å². The number of nitro groups is 1. The highest BCUT2D eigenvalue weighted by atomic mass is 35.5. The molecule has 7 nitrogen and oxygen atoms in total. The summed E-state index contributed by atoms with van der Waals surface area (Å²) >= 11 is 5.92. The molecule has 0 aromatic heterocycles. The summed E-state index contributed by atoms with van der Waals surface area (Å²) in [5.41, 5.74) is 0.809. The van der Waals surface area contributed by atoms with Crippen LogP contribution >= 0.6 is 11.6 Å². The Morgan fingerprint density at radius 3 is 2.57 bits per heavy atom. The number of amides is 1. The molecule has 0 aliphatic rings. The van der Waals surface area contributed by atoms with E-state index in [0.717, 1.165) is 0 Å². The molecule has 0 bridgehead atoms. The Balaban J connectivity index is 2.39. The van der Waals surface area contributed by atoms with Crippen LogP contribution < -0.4 is 15.4 Å². The molecule has 8 heteroatoms. The minimum absolute atomic E-state index is 0.142. The molecule has 0 radical (unpaired) electrons. The molecule has 0 heterocycles. The summed E-state index contributed by atoms with van der Waals surface area (Å²) in [6.07, 6.45) is 0. The van der Waals surface area contributed by atoms with E-state index in [9.17, 15) is 14.9 Å². The second kappa shape index (κ2) is 6.97. The molecule has 2 aromatic carbocycles. The molecule has 0 unspecified atom stereocenters. The van der Waals surface area contributed by atoms with Gasteiger partial charge in [0.2, 0.25) is 0 Å². The standard InChI is InChI=1S/C15H14ClN3O4/c1-17-12-5-4-10(19(21)22)8-11(12)15(20)18-13-7-9(16)3-6-14(13)23-2/h3-8,17H,1-2H3,(H,18,20). The number of methoxy groups -OCH3 is 1.